The Morgan fingerprint density at radius 3 is 2.42 bits per heavy atom. The van der Waals surface area contributed by atoms with Crippen LogP contribution in [0.3, 0.4) is 0 Å². The second-order valence-electron chi connectivity index (χ2n) is 5.34. The van der Waals surface area contributed by atoms with E-state index in [1.165, 1.54) is 47.9 Å². The summed E-state index contributed by atoms with van der Waals surface area (Å²) < 4.78 is 27.6. The number of sulfonamides is 1. The van der Waals surface area contributed by atoms with Gasteiger partial charge in [0.25, 0.3) is 11.8 Å². The highest BCUT2D eigenvalue weighted by molar-refractivity contribution is 9.11. The van der Waals surface area contributed by atoms with Crippen LogP contribution in [0.2, 0.25) is 0 Å². The van der Waals surface area contributed by atoms with Crippen LogP contribution in [0.15, 0.2) is 39.0 Å². The maximum Gasteiger partial charge on any atom is 0.261 e. The first-order valence-corrected chi connectivity index (χ1v) is 9.94. The van der Waals surface area contributed by atoms with Crippen molar-refractivity contribution in [3.8, 4) is 0 Å². The van der Waals surface area contributed by atoms with Gasteiger partial charge in [0, 0.05) is 25.5 Å². The highest BCUT2D eigenvalue weighted by atomic mass is 79.9. The molecule has 0 atom stereocenters. The molecule has 1 aromatic heterocycles. The monoisotopic (exact) mass is 428 g/mol. The summed E-state index contributed by atoms with van der Waals surface area (Å²) in [7, 11) is -0.909. The molecule has 2 amide bonds. The van der Waals surface area contributed by atoms with Gasteiger partial charge in [0.1, 0.15) is 0 Å². The molecule has 9 heteroatoms. The van der Waals surface area contributed by atoms with Gasteiger partial charge in [-0.25, -0.2) is 8.42 Å². The van der Waals surface area contributed by atoms with E-state index >= 15 is 0 Å². The lowest BCUT2D eigenvalue weighted by Gasteiger charge is -2.16. The molecule has 0 bridgehead atoms. The van der Waals surface area contributed by atoms with Crippen LogP contribution in [0.1, 0.15) is 25.6 Å². The zero-order valence-corrected chi connectivity index (χ0v) is 16.0. The molecule has 0 fully saturated rings. The molecule has 0 unspecified atom stereocenters. The number of rotatable bonds is 4. The normalized spacial score (nSPS) is 14.6. The Morgan fingerprint density at radius 2 is 1.79 bits per heavy atom. The van der Waals surface area contributed by atoms with Gasteiger partial charge in [0.05, 0.1) is 19.8 Å². The Morgan fingerprint density at radius 1 is 1.12 bits per heavy atom. The lowest BCUT2D eigenvalue weighted by atomic mass is 10.1. The average molecular weight is 429 g/mol. The number of amides is 2. The SMILES string of the molecule is CN1C(=O)c2ccc(S(=O)(=O)N(C)Cc3ccc(Br)s3)cc2C1=O. The predicted molar refractivity (Wildman–Crippen MR) is 93.5 cm³/mol. The molecule has 0 aliphatic carbocycles. The van der Waals surface area contributed by atoms with Crippen molar-refractivity contribution in [2.45, 2.75) is 11.4 Å². The van der Waals surface area contributed by atoms with Gasteiger partial charge in [0.15, 0.2) is 0 Å². The largest absolute Gasteiger partial charge is 0.277 e. The molecular formula is C15H13BrN2O4S2. The van der Waals surface area contributed by atoms with Gasteiger partial charge in [-0.3, -0.25) is 14.5 Å². The number of imide groups is 1. The lowest BCUT2D eigenvalue weighted by Crippen LogP contribution is -2.26. The molecule has 1 aromatic carbocycles. The minimum absolute atomic E-state index is 0.00387. The summed E-state index contributed by atoms with van der Waals surface area (Å²) in [6.07, 6.45) is 0. The van der Waals surface area contributed by atoms with E-state index in [0.717, 1.165) is 13.6 Å². The van der Waals surface area contributed by atoms with Gasteiger partial charge in [-0.2, -0.15) is 4.31 Å². The van der Waals surface area contributed by atoms with Gasteiger partial charge >= 0.3 is 0 Å². The molecule has 3 rings (SSSR count). The van der Waals surface area contributed by atoms with Crippen molar-refractivity contribution in [3.63, 3.8) is 0 Å². The van der Waals surface area contributed by atoms with Crippen LogP contribution in [0, 0.1) is 0 Å². The smallest absolute Gasteiger partial charge is 0.261 e. The van der Waals surface area contributed by atoms with Crippen molar-refractivity contribution in [2.24, 2.45) is 0 Å². The zero-order chi connectivity index (χ0) is 17.6. The van der Waals surface area contributed by atoms with Crippen LogP contribution in [0.5, 0.6) is 0 Å². The number of benzene rings is 1. The molecule has 0 radical (unpaired) electrons. The maximum absolute atomic E-state index is 12.7. The van der Waals surface area contributed by atoms with Crippen LogP contribution >= 0.6 is 27.3 Å². The standard InChI is InChI=1S/C15H13BrN2O4S2/c1-17(8-9-3-6-13(16)23-9)24(21,22)10-4-5-11-12(7-10)15(20)18(2)14(11)19/h3-7H,8H2,1-2H3. The minimum Gasteiger partial charge on any atom is -0.277 e. The number of carbonyl (C=O) groups is 2. The van der Waals surface area contributed by atoms with E-state index in [9.17, 15) is 18.0 Å². The van der Waals surface area contributed by atoms with Gasteiger partial charge < -0.3 is 0 Å². The molecule has 0 spiro atoms. The Labute approximate surface area is 151 Å². The number of halogens is 1. The second kappa shape index (κ2) is 6.07. The number of fused-ring (bicyclic) bond motifs is 1. The molecule has 126 valence electrons. The highest BCUT2D eigenvalue weighted by Gasteiger charge is 2.34. The van der Waals surface area contributed by atoms with Crippen LogP contribution in [0.4, 0.5) is 0 Å². The Kier molecular flexibility index (Phi) is 4.37. The summed E-state index contributed by atoms with van der Waals surface area (Å²) >= 11 is 4.80. The quantitative estimate of drug-likeness (QED) is 0.701. The zero-order valence-electron chi connectivity index (χ0n) is 12.8. The van der Waals surface area contributed by atoms with E-state index in [1.807, 2.05) is 12.1 Å². The average Bonchev–Trinajstić information content (AvgIpc) is 3.04. The summed E-state index contributed by atoms with van der Waals surface area (Å²) in [5.74, 6) is -0.910. The van der Waals surface area contributed by atoms with Crippen molar-refractivity contribution in [3.05, 3.63) is 50.1 Å². The second-order valence-corrected chi connectivity index (χ2v) is 9.94. The first-order valence-electron chi connectivity index (χ1n) is 6.89. The molecule has 0 N–H and O–H groups in total. The summed E-state index contributed by atoms with van der Waals surface area (Å²) in [6.45, 7) is 0.225. The summed E-state index contributed by atoms with van der Waals surface area (Å²) in [5.41, 5.74) is 0.349. The molecule has 0 saturated carbocycles. The topological polar surface area (TPSA) is 74.8 Å². The van der Waals surface area contributed by atoms with E-state index in [0.29, 0.717) is 0 Å². The van der Waals surface area contributed by atoms with Crippen LogP contribution in [-0.4, -0.2) is 43.5 Å². The van der Waals surface area contributed by atoms with Crippen molar-refractivity contribution in [1.29, 1.82) is 0 Å². The lowest BCUT2D eigenvalue weighted by molar-refractivity contribution is 0.0693. The maximum atomic E-state index is 12.7. The van der Waals surface area contributed by atoms with Gasteiger partial charge in [-0.05, 0) is 46.3 Å². The molecule has 2 heterocycles. The van der Waals surface area contributed by atoms with E-state index < -0.39 is 21.8 Å². The van der Waals surface area contributed by atoms with E-state index in [-0.39, 0.29) is 22.6 Å². The Hall–Kier alpha value is -1.55. The van der Waals surface area contributed by atoms with Gasteiger partial charge in [-0.15, -0.1) is 11.3 Å². The molecule has 2 aromatic rings. The van der Waals surface area contributed by atoms with E-state index in [2.05, 4.69) is 15.9 Å². The molecular weight excluding hydrogens is 416 g/mol. The van der Waals surface area contributed by atoms with Gasteiger partial charge in [0.2, 0.25) is 10.0 Å². The first kappa shape index (κ1) is 17.3. The van der Waals surface area contributed by atoms with Crippen molar-refractivity contribution < 1.29 is 18.0 Å². The molecule has 1 aliphatic rings. The molecule has 24 heavy (non-hydrogen) atoms. The third-order valence-electron chi connectivity index (χ3n) is 3.78. The third kappa shape index (κ3) is 2.81. The number of nitrogens with zero attached hydrogens (tertiary/aromatic N) is 2. The van der Waals surface area contributed by atoms with Crippen molar-refractivity contribution >= 4 is 49.1 Å². The molecule has 6 nitrogen and oxygen atoms in total. The summed E-state index contributed by atoms with van der Waals surface area (Å²) in [5, 5.41) is 0. The Balaban J connectivity index is 1.93. The number of carbonyl (C=O) groups excluding carboxylic acids is 2. The Bertz CT molecular complexity index is 952. The fourth-order valence-corrected chi connectivity index (χ4v) is 5.22. The molecule has 0 saturated heterocycles. The van der Waals surface area contributed by atoms with Crippen molar-refractivity contribution in [2.75, 3.05) is 14.1 Å². The third-order valence-corrected chi connectivity index (χ3v) is 7.18. The fourth-order valence-electron chi connectivity index (χ4n) is 2.42. The minimum atomic E-state index is -3.77. The van der Waals surface area contributed by atoms with Crippen molar-refractivity contribution in [1.82, 2.24) is 9.21 Å². The van der Waals surface area contributed by atoms with E-state index in [4.69, 9.17) is 0 Å². The van der Waals surface area contributed by atoms with Crippen LogP contribution in [0.25, 0.3) is 0 Å². The van der Waals surface area contributed by atoms with Crippen LogP contribution in [-0.2, 0) is 16.6 Å². The van der Waals surface area contributed by atoms with E-state index in [1.54, 1.807) is 0 Å². The molecule has 1 aliphatic heterocycles. The number of hydrogen-bond donors (Lipinski definition) is 0. The predicted octanol–water partition coefficient (Wildman–Crippen LogP) is 2.56. The van der Waals surface area contributed by atoms with Gasteiger partial charge in [-0.1, -0.05) is 0 Å². The summed E-state index contributed by atoms with van der Waals surface area (Å²) in [4.78, 5) is 25.8. The van der Waals surface area contributed by atoms with Crippen LogP contribution < -0.4 is 0 Å². The highest BCUT2D eigenvalue weighted by Crippen LogP contribution is 2.28. The fraction of sp³-hybridized carbons (Fsp3) is 0.200. The number of hydrogen-bond acceptors (Lipinski definition) is 5. The summed E-state index contributed by atoms with van der Waals surface area (Å²) in [6, 6.07) is 7.73. The first-order chi connectivity index (χ1) is 11.2. The number of thiophene rings is 1.